The quantitative estimate of drug-likeness (QED) is 0.224. The van der Waals surface area contributed by atoms with E-state index in [-0.39, 0.29) is 11.4 Å². The maximum Gasteiger partial charge on any atom is 0.294 e. The van der Waals surface area contributed by atoms with Gasteiger partial charge < -0.3 is 14.8 Å². The average Bonchev–Trinajstić information content (AvgIpc) is 3.14. The van der Waals surface area contributed by atoms with Crippen LogP contribution in [0.2, 0.25) is 0 Å². The summed E-state index contributed by atoms with van der Waals surface area (Å²) in [6.45, 7) is 5.91. The number of thioether (sulfide) groups is 1. The van der Waals surface area contributed by atoms with Gasteiger partial charge in [-0.25, -0.2) is 0 Å². The van der Waals surface area contributed by atoms with Gasteiger partial charge >= 0.3 is 0 Å². The van der Waals surface area contributed by atoms with Gasteiger partial charge in [-0.15, -0.1) is 0 Å². The fourth-order valence-electron chi connectivity index (χ4n) is 3.81. The fraction of sp³-hybridized carbons (Fsp3) is 0.207. The zero-order valence-corrected chi connectivity index (χ0v) is 24.4. The number of benzene rings is 3. The summed E-state index contributed by atoms with van der Waals surface area (Å²) in [5.74, 6) is 0.169. The number of rotatable bonds is 8. The standard InChI is InChI=1S/C29H27IN2O5S/c1-17-8-10-20(11-9-17)16-37-27-22(30)12-21(13-24(27)36-4)14-25-28(34)32(29(35)38-25)15-26(33)31-23-7-5-6-18(2)19(23)3/h5-14H,15-16H2,1-4H3,(H,31,33)/b25-14-. The van der Waals surface area contributed by atoms with Crippen molar-refractivity contribution in [1.29, 1.82) is 0 Å². The maximum atomic E-state index is 13.0. The molecule has 4 rings (SSSR count). The topological polar surface area (TPSA) is 84.9 Å². The predicted octanol–water partition coefficient (Wildman–Crippen LogP) is 6.48. The molecule has 1 aliphatic rings. The van der Waals surface area contributed by atoms with Crippen LogP contribution in [-0.4, -0.2) is 35.6 Å². The van der Waals surface area contributed by atoms with Gasteiger partial charge in [-0.1, -0.05) is 42.0 Å². The van der Waals surface area contributed by atoms with Gasteiger partial charge in [0.2, 0.25) is 5.91 Å². The normalized spacial score (nSPS) is 14.2. The van der Waals surface area contributed by atoms with E-state index in [1.807, 2.05) is 63.2 Å². The molecule has 38 heavy (non-hydrogen) atoms. The number of ether oxygens (including phenoxy) is 2. The first-order valence-corrected chi connectivity index (χ1v) is 13.7. The van der Waals surface area contributed by atoms with Crippen molar-refractivity contribution in [2.45, 2.75) is 27.4 Å². The molecular weight excluding hydrogens is 615 g/mol. The van der Waals surface area contributed by atoms with E-state index in [0.717, 1.165) is 36.9 Å². The Bertz CT molecular complexity index is 1440. The van der Waals surface area contributed by atoms with Gasteiger partial charge in [-0.05, 0) is 102 Å². The van der Waals surface area contributed by atoms with E-state index in [0.29, 0.717) is 29.4 Å². The number of halogens is 1. The average molecular weight is 643 g/mol. The van der Waals surface area contributed by atoms with E-state index in [4.69, 9.17) is 9.47 Å². The molecule has 0 aromatic heterocycles. The van der Waals surface area contributed by atoms with Gasteiger partial charge in [-0.2, -0.15) is 0 Å². The van der Waals surface area contributed by atoms with Crippen molar-refractivity contribution in [1.82, 2.24) is 4.90 Å². The highest BCUT2D eigenvalue weighted by molar-refractivity contribution is 14.1. The predicted molar refractivity (Wildman–Crippen MR) is 158 cm³/mol. The molecule has 0 spiro atoms. The van der Waals surface area contributed by atoms with Crippen molar-refractivity contribution in [2.24, 2.45) is 0 Å². The second-order valence-corrected chi connectivity index (χ2v) is 11.0. The molecule has 0 aliphatic carbocycles. The third-order valence-electron chi connectivity index (χ3n) is 6.11. The Balaban J connectivity index is 1.47. The molecule has 0 atom stereocenters. The summed E-state index contributed by atoms with van der Waals surface area (Å²) < 4.78 is 12.4. The van der Waals surface area contributed by atoms with Gasteiger partial charge in [-0.3, -0.25) is 19.3 Å². The number of hydrogen-bond donors (Lipinski definition) is 1. The summed E-state index contributed by atoms with van der Waals surface area (Å²) in [4.78, 5) is 39.4. The number of aryl methyl sites for hydroxylation is 2. The van der Waals surface area contributed by atoms with Crippen molar-refractivity contribution in [3.05, 3.63) is 90.9 Å². The molecule has 1 aliphatic heterocycles. The minimum absolute atomic E-state index is 0.237. The highest BCUT2D eigenvalue weighted by Crippen LogP contribution is 2.37. The lowest BCUT2D eigenvalue weighted by molar-refractivity contribution is -0.127. The van der Waals surface area contributed by atoms with Gasteiger partial charge in [0.15, 0.2) is 11.5 Å². The lowest BCUT2D eigenvalue weighted by Crippen LogP contribution is -2.36. The molecule has 3 aromatic rings. The summed E-state index contributed by atoms with van der Waals surface area (Å²) in [6.07, 6.45) is 1.63. The number of carbonyl (C=O) groups excluding carboxylic acids is 3. The molecular formula is C29H27IN2O5S. The Morgan fingerprint density at radius 3 is 2.53 bits per heavy atom. The van der Waals surface area contributed by atoms with Crippen molar-refractivity contribution in [3.63, 3.8) is 0 Å². The fourth-order valence-corrected chi connectivity index (χ4v) is 5.43. The van der Waals surface area contributed by atoms with E-state index in [1.165, 1.54) is 5.56 Å². The van der Waals surface area contributed by atoms with E-state index >= 15 is 0 Å². The zero-order chi connectivity index (χ0) is 27.4. The molecule has 0 radical (unpaired) electrons. The van der Waals surface area contributed by atoms with Crippen molar-refractivity contribution in [3.8, 4) is 11.5 Å². The molecule has 0 bridgehead atoms. The van der Waals surface area contributed by atoms with Crippen molar-refractivity contribution in [2.75, 3.05) is 19.0 Å². The lowest BCUT2D eigenvalue weighted by Gasteiger charge is -2.15. The number of nitrogens with zero attached hydrogens (tertiary/aromatic N) is 1. The molecule has 7 nitrogen and oxygen atoms in total. The maximum absolute atomic E-state index is 13.0. The van der Waals surface area contributed by atoms with Crippen LogP contribution in [0.5, 0.6) is 11.5 Å². The van der Waals surface area contributed by atoms with E-state index in [2.05, 4.69) is 27.9 Å². The Morgan fingerprint density at radius 2 is 1.82 bits per heavy atom. The van der Waals surface area contributed by atoms with Crippen LogP contribution in [0.4, 0.5) is 10.5 Å². The van der Waals surface area contributed by atoms with E-state index < -0.39 is 17.1 Å². The Morgan fingerprint density at radius 1 is 1.08 bits per heavy atom. The molecule has 196 valence electrons. The van der Waals surface area contributed by atoms with Crippen LogP contribution in [0.3, 0.4) is 0 Å². The van der Waals surface area contributed by atoms with Crippen LogP contribution in [0.25, 0.3) is 6.08 Å². The molecule has 1 heterocycles. The number of amides is 3. The Hall–Kier alpha value is -3.31. The second-order valence-electron chi connectivity index (χ2n) is 8.87. The van der Waals surface area contributed by atoms with Gasteiger partial charge in [0, 0.05) is 5.69 Å². The van der Waals surface area contributed by atoms with E-state index in [1.54, 1.807) is 25.3 Å². The number of nitrogens with one attached hydrogen (secondary N) is 1. The number of hydrogen-bond acceptors (Lipinski definition) is 6. The van der Waals surface area contributed by atoms with Crippen molar-refractivity contribution < 1.29 is 23.9 Å². The molecule has 1 fully saturated rings. The number of imide groups is 1. The van der Waals surface area contributed by atoms with Crippen LogP contribution < -0.4 is 14.8 Å². The molecule has 3 aromatic carbocycles. The summed E-state index contributed by atoms with van der Waals surface area (Å²) >= 11 is 2.96. The molecule has 9 heteroatoms. The lowest BCUT2D eigenvalue weighted by atomic mass is 10.1. The minimum atomic E-state index is -0.509. The third-order valence-corrected chi connectivity index (χ3v) is 7.82. The van der Waals surface area contributed by atoms with Crippen molar-refractivity contribution >= 4 is 63.2 Å². The minimum Gasteiger partial charge on any atom is -0.493 e. The highest BCUT2D eigenvalue weighted by atomic mass is 127. The number of carbonyl (C=O) groups is 3. The highest BCUT2D eigenvalue weighted by Gasteiger charge is 2.36. The number of methoxy groups -OCH3 is 1. The van der Waals surface area contributed by atoms with Crippen LogP contribution in [0.15, 0.2) is 59.5 Å². The molecule has 0 saturated carbocycles. The summed E-state index contributed by atoms with van der Waals surface area (Å²) in [7, 11) is 1.55. The summed E-state index contributed by atoms with van der Waals surface area (Å²) in [6, 6.07) is 17.3. The molecule has 3 amide bonds. The van der Waals surface area contributed by atoms with Gasteiger partial charge in [0.25, 0.3) is 11.1 Å². The largest absolute Gasteiger partial charge is 0.493 e. The first-order valence-electron chi connectivity index (χ1n) is 11.8. The van der Waals surface area contributed by atoms with E-state index in [9.17, 15) is 14.4 Å². The first-order chi connectivity index (χ1) is 18.2. The van der Waals surface area contributed by atoms with Crippen LogP contribution >= 0.6 is 34.4 Å². The first kappa shape index (κ1) is 27.7. The Labute approximate surface area is 239 Å². The third kappa shape index (κ3) is 6.39. The van der Waals surface area contributed by atoms with Gasteiger partial charge in [0.05, 0.1) is 15.6 Å². The smallest absolute Gasteiger partial charge is 0.294 e. The van der Waals surface area contributed by atoms with Crippen LogP contribution in [0, 0.1) is 24.3 Å². The summed E-state index contributed by atoms with van der Waals surface area (Å²) in [5, 5.41) is 2.30. The second kappa shape index (κ2) is 12.0. The molecule has 0 unspecified atom stereocenters. The zero-order valence-electron chi connectivity index (χ0n) is 21.5. The Kier molecular flexibility index (Phi) is 8.78. The van der Waals surface area contributed by atoms with Crippen LogP contribution in [0.1, 0.15) is 27.8 Å². The monoisotopic (exact) mass is 642 g/mol. The SMILES string of the molecule is COc1cc(/C=C2\SC(=O)N(CC(=O)Nc3cccc(C)c3C)C2=O)cc(I)c1OCc1ccc(C)cc1. The van der Waals surface area contributed by atoms with Crippen LogP contribution in [-0.2, 0) is 16.2 Å². The molecule has 1 N–H and O–H groups in total. The van der Waals surface area contributed by atoms with Gasteiger partial charge in [0.1, 0.15) is 13.2 Å². The summed E-state index contributed by atoms with van der Waals surface area (Å²) in [5.41, 5.74) is 5.52. The molecule has 1 saturated heterocycles. The number of anilines is 1.